The van der Waals surface area contributed by atoms with Crippen molar-refractivity contribution in [3.63, 3.8) is 0 Å². The molecule has 6 rings (SSSR count). The Morgan fingerprint density at radius 1 is 0.537 bits per heavy atom. The molecule has 278 valence electrons. The maximum Gasteiger partial charge on any atom is 0.264 e. The highest BCUT2D eigenvalue weighted by Gasteiger charge is 2.22. The lowest BCUT2D eigenvalue weighted by atomic mass is 10.2. The fourth-order valence-electron chi connectivity index (χ4n) is 4.76. The van der Waals surface area contributed by atoms with Crippen LogP contribution in [-0.4, -0.2) is 39.0 Å². The standard InChI is InChI=1S/C36H32N6O8S4/c1-21-23(3)39-49-35(21)41-53(45,46)27-17-13-25(14-18-27)37-33(43)29-9-5-7-11-31(29)51-52-32-12-8-6-10-30(32)34(44)38-26-15-19-28(20-16-26)54(47,48)42-36-22(2)24(4)40-50-36/h5-20,41-42H,1-4H3,(H,37,43)(H,38,44). The van der Waals surface area contributed by atoms with Gasteiger partial charge >= 0.3 is 0 Å². The van der Waals surface area contributed by atoms with Crippen molar-refractivity contribution in [3.8, 4) is 0 Å². The van der Waals surface area contributed by atoms with Crippen molar-refractivity contribution < 1.29 is 35.5 Å². The van der Waals surface area contributed by atoms with Crippen molar-refractivity contribution in [3.05, 3.63) is 131 Å². The molecule has 0 aliphatic heterocycles. The molecule has 14 nitrogen and oxygen atoms in total. The minimum Gasteiger partial charge on any atom is -0.337 e. The van der Waals surface area contributed by atoms with Crippen molar-refractivity contribution in [2.24, 2.45) is 0 Å². The second-order valence-electron chi connectivity index (χ2n) is 11.8. The molecule has 0 fully saturated rings. The Hall–Kier alpha value is -5.56. The lowest BCUT2D eigenvalue weighted by molar-refractivity contribution is 0.101. The Kier molecular flexibility index (Phi) is 11.2. The average molecular weight is 805 g/mol. The van der Waals surface area contributed by atoms with Gasteiger partial charge in [-0.3, -0.25) is 9.59 Å². The number of amides is 2. The molecule has 18 heteroatoms. The van der Waals surface area contributed by atoms with Crippen molar-refractivity contribution in [2.45, 2.75) is 47.3 Å². The van der Waals surface area contributed by atoms with E-state index in [1.165, 1.54) is 70.1 Å². The van der Waals surface area contributed by atoms with Gasteiger partial charge in [-0.2, -0.15) is 0 Å². The van der Waals surface area contributed by atoms with Gasteiger partial charge < -0.3 is 19.7 Å². The van der Waals surface area contributed by atoms with E-state index in [-0.39, 0.29) is 21.6 Å². The van der Waals surface area contributed by atoms with E-state index in [4.69, 9.17) is 9.05 Å². The number of hydrogen-bond donors (Lipinski definition) is 4. The number of nitrogens with zero attached hydrogens (tertiary/aromatic N) is 2. The van der Waals surface area contributed by atoms with E-state index in [1.807, 2.05) is 0 Å². The Labute approximate surface area is 319 Å². The van der Waals surface area contributed by atoms with Crippen LogP contribution in [0.15, 0.2) is 126 Å². The molecule has 0 spiro atoms. The first kappa shape index (κ1) is 38.2. The molecule has 0 atom stereocenters. The van der Waals surface area contributed by atoms with Crippen molar-refractivity contribution in [1.82, 2.24) is 10.3 Å². The number of nitrogens with one attached hydrogen (secondary N) is 4. The van der Waals surface area contributed by atoms with E-state index < -0.39 is 31.9 Å². The number of carbonyl (C=O) groups is 2. The lowest BCUT2D eigenvalue weighted by Crippen LogP contribution is -2.15. The van der Waals surface area contributed by atoms with Crippen molar-refractivity contribution in [1.29, 1.82) is 0 Å². The molecule has 6 aromatic rings. The topological polar surface area (TPSA) is 203 Å². The summed E-state index contributed by atoms with van der Waals surface area (Å²) in [4.78, 5) is 27.9. The number of anilines is 4. The average Bonchev–Trinajstić information content (AvgIpc) is 3.64. The van der Waals surface area contributed by atoms with Crippen LogP contribution in [-0.2, 0) is 20.0 Å². The van der Waals surface area contributed by atoms with Gasteiger partial charge in [-0.25, -0.2) is 26.3 Å². The fraction of sp³-hybridized carbons (Fsp3) is 0.111. The van der Waals surface area contributed by atoms with Crippen LogP contribution in [0, 0.1) is 27.7 Å². The van der Waals surface area contributed by atoms with E-state index in [2.05, 4.69) is 30.4 Å². The molecular formula is C36H32N6O8S4. The van der Waals surface area contributed by atoms with Crippen LogP contribution in [0.5, 0.6) is 0 Å². The Morgan fingerprint density at radius 2 is 0.889 bits per heavy atom. The van der Waals surface area contributed by atoms with Gasteiger partial charge in [0.05, 0.1) is 32.3 Å². The lowest BCUT2D eigenvalue weighted by Gasteiger charge is -2.12. The molecule has 0 radical (unpaired) electrons. The summed E-state index contributed by atoms with van der Waals surface area (Å²) in [5.41, 5.74) is 3.77. The van der Waals surface area contributed by atoms with Crippen LogP contribution < -0.4 is 20.1 Å². The number of hydrogen-bond acceptors (Lipinski definition) is 12. The first-order valence-corrected chi connectivity index (χ1v) is 21.1. The highest BCUT2D eigenvalue weighted by atomic mass is 33.1. The predicted molar refractivity (Wildman–Crippen MR) is 207 cm³/mol. The zero-order chi connectivity index (χ0) is 38.6. The van der Waals surface area contributed by atoms with Gasteiger partial charge in [0.2, 0.25) is 11.8 Å². The van der Waals surface area contributed by atoms with E-state index in [0.29, 0.717) is 54.8 Å². The van der Waals surface area contributed by atoms with Gasteiger partial charge in [0.15, 0.2) is 0 Å². The fourth-order valence-corrected chi connectivity index (χ4v) is 9.21. The van der Waals surface area contributed by atoms with Gasteiger partial charge in [0.25, 0.3) is 31.9 Å². The first-order valence-electron chi connectivity index (χ1n) is 16.0. The summed E-state index contributed by atoms with van der Waals surface area (Å²) >= 11 is 0. The van der Waals surface area contributed by atoms with E-state index >= 15 is 0 Å². The zero-order valence-electron chi connectivity index (χ0n) is 29.0. The summed E-state index contributed by atoms with van der Waals surface area (Å²) in [5.74, 6) is -0.774. The van der Waals surface area contributed by atoms with Gasteiger partial charge in [-0.05, 0) is 100 Å². The number of sulfonamides is 2. The monoisotopic (exact) mass is 804 g/mol. The van der Waals surface area contributed by atoms with Crippen LogP contribution >= 0.6 is 21.6 Å². The largest absolute Gasteiger partial charge is 0.337 e. The minimum absolute atomic E-state index is 0.0315. The van der Waals surface area contributed by atoms with Crippen molar-refractivity contribution in [2.75, 3.05) is 20.1 Å². The molecule has 0 saturated heterocycles. The van der Waals surface area contributed by atoms with Gasteiger partial charge in [-0.15, -0.1) is 0 Å². The Balaban J connectivity index is 1.09. The quantitative estimate of drug-likeness (QED) is 0.0826. The van der Waals surface area contributed by atoms with Crippen LogP contribution in [0.1, 0.15) is 43.2 Å². The number of benzene rings is 4. The Morgan fingerprint density at radius 3 is 1.22 bits per heavy atom. The smallest absolute Gasteiger partial charge is 0.264 e. The molecule has 54 heavy (non-hydrogen) atoms. The third-order valence-corrected chi connectivity index (χ3v) is 13.3. The zero-order valence-corrected chi connectivity index (χ0v) is 32.3. The molecule has 0 aliphatic rings. The van der Waals surface area contributed by atoms with Gasteiger partial charge in [0.1, 0.15) is 0 Å². The molecule has 0 unspecified atom stereocenters. The summed E-state index contributed by atoms with van der Waals surface area (Å²) in [6.45, 7) is 6.78. The summed E-state index contributed by atoms with van der Waals surface area (Å²) < 4.78 is 66.4. The molecule has 0 aliphatic carbocycles. The van der Waals surface area contributed by atoms with E-state index in [0.717, 1.165) is 0 Å². The third kappa shape index (κ3) is 8.62. The maximum absolute atomic E-state index is 13.4. The maximum atomic E-state index is 13.4. The molecule has 2 amide bonds. The van der Waals surface area contributed by atoms with E-state index in [1.54, 1.807) is 76.2 Å². The Bertz CT molecular complexity index is 2390. The first-order chi connectivity index (χ1) is 25.7. The molecule has 4 aromatic carbocycles. The molecular weight excluding hydrogens is 773 g/mol. The summed E-state index contributed by atoms with van der Waals surface area (Å²) in [7, 11) is -5.37. The van der Waals surface area contributed by atoms with Crippen LogP contribution in [0.25, 0.3) is 0 Å². The second-order valence-corrected chi connectivity index (χ2v) is 17.3. The normalized spacial score (nSPS) is 11.6. The highest BCUT2D eigenvalue weighted by molar-refractivity contribution is 8.76. The summed E-state index contributed by atoms with van der Waals surface area (Å²) in [5, 5.41) is 13.1. The summed E-state index contributed by atoms with van der Waals surface area (Å²) in [6, 6.07) is 25.3. The SMILES string of the molecule is Cc1noc(NS(=O)(=O)c2ccc(NC(=O)c3ccccc3SSc3ccccc3C(=O)Nc3ccc(S(=O)(=O)Nc4onc(C)c4C)cc3)cc2)c1C. The molecule has 4 N–H and O–H groups in total. The third-order valence-electron chi connectivity index (χ3n) is 8.10. The van der Waals surface area contributed by atoms with Crippen LogP contribution in [0.3, 0.4) is 0 Å². The number of rotatable bonds is 13. The highest BCUT2D eigenvalue weighted by Crippen LogP contribution is 2.41. The van der Waals surface area contributed by atoms with Gasteiger partial charge in [-0.1, -0.05) is 56.2 Å². The van der Waals surface area contributed by atoms with Crippen molar-refractivity contribution >= 4 is 76.6 Å². The number of carbonyl (C=O) groups excluding carboxylic acids is 2. The van der Waals surface area contributed by atoms with E-state index in [9.17, 15) is 26.4 Å². The predicted octanol–water partition coefficient (Wildman–Crippen LogP) is 7.80. The van der Waals surface area contributed by atoms with Crippen LogP contribution in [0.4, 0.5) is 23.1 Å². The number of aromatic nitrogens is 2. The van der Waals surface area contributed by atoms with Gasteiger partial charge in [0, 0.05) is 32.3 Å². The minimum atomic E-state index is -3.97. The molecule has 2 aromatic heterocycles. The second kappa shape index (κ2) is 15.8. The molecule has 0 bridgehead atoms. The molecule has 2 heterocycles. The number of aryl methyl sites for hydroxylation is 2. The summed E-state index contributed by atoms with van der Waals surface area (Å²) in [6.07, 6.45) is 0. The molecule has 0 saturated carbocycles. The van der Waals surface area contributed by atoms with Crippen LogP contribution in [0.2, 0.25) is 0 Å².